The number of nitrogens with zero attached hydrogens (tertiary/aromatic N) is 2. The Bertz CT molecular complexity index is 827. The van der Waals surface area contributed by atoms with Gasteiger partial charge in [-0.2, -0.15) is 0 Å². The lowest BCUT2D eigenvalue weighted by molar-refractivity contribution is 0.0975. The Balaban J connectivity index is 1.89. The number of benzene rings is 1. The van der Waals surface area contributed by atoms with Crippen molar-refractivity contribution < 1.29 is 19.1 Å². The van der Waals surface area contributed by atoms with E-state index in [2.05, 4.69) is 4.98 Å². The fourth-order valence-corrected chi connectivity index (χ4v) is 2.75. The molecule has 0 saturated carbocycles. The maximum absolute atomic E-state index is 12.8. The van der Waals surface area contributed by atoms with Crippen molar-refractivity contribution in [3.8, 4) is 5.88 Å². The van der Waals surface area contributed by atoms with E-state index in [4.69, 9.17) is 26.8 Å². The summed E-state index contributed by atoms with van der Waals surface area (Å²) in [6.07, 6.45) is -1.50. The van der Waals surface area contributed by atoms with Gasteiger partial charge in [-0.15, -0.1) is 0 Å². The number of rotatable bonds is 3. The number of anilines is 1. The topological polar surface area (TPSA) is 94.8 Å². The highest BCUT2D eigenvalue weighted by Gasteiger charge is 2.27. The van der Waals surface area contributed by atoms with Crippen molar-refractivity contribution >= 4 is 29.3 Å². The van der Waals surface area contributed by atoms with Gasteiger partial charge in [-0.05, 0) is 37.3 Å². The highest BCUT2D eigenvalue weighted by Crippen LogP contribution is 2.32. The summed E-state index contributed by atoms with van der Waals surface area (Å²) in [7, 11) is 0. The molecule has 0 spiro atoms. The number of amides is 2. The molecule has 8 heteroatoms. The zero-order valence-corrected chi connectivity index (χ0v) is 14.2. The third-order valence-electron chi connectivity index (χ3n) is 3.73. The molecule has 2 amide bonds. The number of carbonyl (C=O) groups is 2. The van der Waals surface area contributed by atoms with Crippen LogP contribution in [0.2, 0.25) is 5.02 Å². The molecule has 0 saturated heterocycles. The normalized spacial score (nSPS) is 14.2. The van der Waals surface area contributed by atoms with Gasteiger partial charge >= 0.3 is 6.09 Å². The molecule has 0 radical (unpaired) electrons. The van der Waals surface area contributed by atoms with Gasteiger partial charge < -0.3 is 20.1 Å². The van der Waals surface area contributed by atoms with Crippen LogP contribution in [-0.4, -0.2) is 30.1 Å². The molecule has 2 aromatic rings. The second kappa shape index (κ2) is 6.98. The molecule has 1 aromatic carbocycles. The number of fused-ring (bicyclic) bond motifs is 1. The van der Waals surface area contributed by atoms with Crippen molar-refractivity contribution in [1.82, 2.24) is 4.98 Å². The quantitative estimate of drug-likeness (QED) is 0.906. The first-order valence-electron chi connectivity index (χ1n) is 7.63. The van der Waals surface area contributed by atoms with Crippen molar-refractivity contribution in [2.45, 2.75) is 13.0 Å². The van der Waals surface area contributed by atoms with E-state index in [0.717, 1.165) is 0 Å². The molecule has 1 aliphatic rings. The average Bonchev–Trinajstić information content (AvgIpc) is 2.59. The number of nitrogens with two attached hydrogens (primary N) is 1. The van der Waals surface area contributed by atoms with Gasteiger partial charge in [-0.1, -0.05) is 17.7 Å². The molecule has 1 unspecified atom stereocenters. The van der Waals surface area contributed by atoms with Crippen molar-refractivity contribution in [2.24, 2.45) is 5.73 Å². The van der Waals surface area contributed by atoms with E-state index < -0.39 is 12.2 Å². The van der Waals surface area contributed by atoms with Gasteiger partial charge in [0.1, 0.15) is 18.4 Å². The molecule has 1 aliphatic heterocycles. The summed E-state index contributed by atoms with van der Waals surface area (Å²) in [6, 6.07) is 10.1. The number of aromatic nitrogens is 1. The fourth-order valence-electron chi connectivity index (χ4n) is 2.56. The number of ether oxygens (including phenoxy) is 2. The van der Waals surface area contributed by atoms with E-state index in [1.165, 1.54) is 0 Å². The second-order valence-electron chi connectivity index (χ2n) is 5.46. The summed E-state index contributed by atoms with van der Waals surface area (Å²) in [6.45, 7) is 2.35. The van der Waals surface area contributed by atoms with E-state index in [1.807, 2.05) is 0 Å². The Labute approximate surface area is 149 Å². The predicted molar refractivity (Wildman–Crippen MR) is 91.9 cm³/mol. The minimum Gasteiger partial charge on any atom is -0.474 e. The van der Waals surface area contributed by atoms with E-state index in [9.17, 15) is 9.59 Å². The molecule has 0 aliphatic carbocycles. The molecule has 130 valence electrons. The van der Waals surface area contributed by atoms with Gasteiger partial charge in [-0.3, -0.25) is 4.79 Å². The summed E-state index contributed by atoms with van der Waals surface area (Å²) in [5, 5.41) is 0.491. The standard InChI is InChI=1S/C17H16ClN3O4/c1-10(25-17(19)23)13-5-6-14-15(20-13)24-8-7-21(14)16(22)11-3-2-4-12(18)9-11/h2-6,9-10H,7-8H2,1H3,(H2,19,23). The Hall–Kier alpha value is -2.80. The lowest BCUT2D eigenvalue weighted by atomic mass is 10.1. The predicted octanol–water partition coefficient (Wildman–Crippen LogP) is 2.93. The maximum atomic E-state index is 12.8. The number of halogens is 1. The zero-order valence-electron chi connectivity index (χ0n) is 13.4. The van der Waals surface area contributed by atoms with Gasteiger partial charge in [0.25, 0.3) is 5.91 Å². The van der Waals surface area contributed by atoms with Crippen molar-refractivity contribution in [3.63, 3.8) is 0 Å². The highest BCUT2D eigenvalue weighted by atomic mass is 35.5. The molecule has 25 heavy (non-hydrogen) atoms. The van der Waals surface area contributed by atoms with Crippen molar-refractivity contribution in [1.29, 1.82) is 0 Å². The minimum atomic E-state index is -0.884. The largest absolute Gasteiger partial charge is 0.474 e. The van der Waals surface area contributed by atoms with E-state index >= 15 is 0 Å². The van der Waals surface area contributed by atoms with Crippen molar-refractivity contribution in [3.05, 3.63) is 52.7 Å². The van der Waals surface area contributed by atoms with E-state index in [0.29, 0.717) is 41.0 Å². The third kappa shape index (κ3) is 3.66. The Kier molecular flexibility index (Phi) is 4.76. The van der Waals surface area contributed by atoms with Crippen LogP contribution in [0, 0.1) is 0 Å². The Morgan fingerprint density at radius 2 is 2.16 bits per heavy atom. The second-order valence-corrected chi connectivity index (χ2v) is 5.89. The lowest BCUT2D eigenvalue weighted by Crippen LogP contribution is -2.38. The van der Waals surface area contributed by atoms with Crippen LogP contribution >= 0.6 is 11.6 Å². The summed E-state index contributed by atoms with van der Waals surface area (Å²) in [5.74, 6) is 0.113. The van der Waals surface area contributed by atoms with Gasteiger partial charge in [-0.25, -0.2) is 9.78 Å². The summed E-state index contributed by atoms with van der Waals surface area (Å²) in [4.78, 5) is 29.6. The van der Waals surface area contributed by atoms with Gasteiger partial charge in [0.05, 0.1) is 12.2 Å². The maximum Gasteiger partial charge on any atom is 0.405 e. The third-order valence-corrected chi connectivity index (χ3v) is 3.97. The SMILES string of the molecule is CC(OC(N)=O)c1ccc2c(n1)OCCN2C(=O)c1cccc(Cl)c1. The molecule has 3 rings (SSSR count). The molecular formula is C17H16ClN3O4. The van der Waals surface area contributed by atoms with Crippen LogP contribution in [0.1, 0.15) is 29.1 Å². The highest BCUT2D eigenvalue weighted by molar-refractivity contribution is 6.31. The summed E-state index contributed by atoms with van der Waals surface area (Å²) in [5.41, 5.74) is 6.53. The fraction of sp³-hybridized carbons (Fsp3) is 0.235. The number of hydrogen-bond acceptors (Lipinski definition) is 5. The molecule has 2 N–H and O–H groups in total. The Morgan fingerprint density at radius 3 is 2.88 bits per heavy atom. The summed E-state index contributed by atoms with van der Waals surface area (Å²) < 4.78 is 10.5. The number of primary amides is 1. The molecule has 7 nitrogen and oxygen atoms in total. The van der Waals surface area contributed by atoms with Crippen LogP contribution in [0.3, 0.4) is 0 Å². The minimum absolute atomic E-state index is 0.192. The first-order valence-corrected chi connectivity index (χ1v) is 8.01. The lowest BCUT2D eigenvalue weighted by Gasteiger charge is -2.29. The van der Waals surface area contributed by atoms with E-state index in [1.54, 1.807) is 48.2 Å². The zero-order chi connectivity index (χ0) is 18.0. The average molecular weight is 362 g/mol. The van der Waals surface area contributed by atoms with Gasteiger partial charge in [0, 0.05) is 10.6 Å². The van der Waals surface area contributed by atoms with Crippen LogP contribution in [-0.2, 0) is 4.74 Å². The van der Waals surface area contributed by atoms with Crippen LogP contribution < -0.4 is 15.4 Å². The van der Waals surface area contributed by atoms with Crippen LogP contribution in [0.5, 0.6) is 5.88 Å². The van der Waals surface area contributed by atoms with E-state index in [-0.39, 0.29) is 5.91 Å². The molecule has 2 heterocycles. The van der Waals surface area contributed by atoms with Gasteiger partial charge in [0.15, 0.2) is 0 Å². The molecular weight excluding hydrogens is 346 g/mol. The number of carbonyl (C=O) groups excluding carboxylic acids is 2. The molecule has 0 fully saturated rings. The number of hydrogen-bond donors (Lipinski definition) is 1. The molecule has 0 bridgehead atoms. The molecule has 1 atom stereocenters. The van der Waals surface area contributed by atoms with Crippen LogP contribution in [0.25, 0.3) is 0 Å². The van der Waals surface area contributed by atoms with Crippen molar-refractivity contribution in [2.75, 3.05) is 18.1 Å². The van der Waals surface area contributed by atoms with Gasteiger partial charge in [0.2, 0.25) is 5.88 Å². The van der Waals surface area contributed by atoms with Crippen LogP contribution in [0.4, 0.5) is 10.5 Å². The molecule has 1 aromatic heterocycles. The first-order chi connectivity index (χ1) is 12.0. The summed E-state index contributed by atoms with van der Waals surface area (Å²) >= 11 is 5.97. The number of pyridine rings is 1. The Morgan fingerprint density at radius 1 is 1.36 bits per heavy atom. The monoisotopic (exact) mass is 361 g/mol. The van der Waals surface area contributed by atoms with Crippen LogP contribution in [0.15, 0.2) is 36.4 Å². The first kappa shape index (κ1) is 17.0. The smallest absolute Gasteiger partial charge is 0.405 e.